The van der Waals surface area contributed by atoms with Gasteiger partial charge in [-0.25, -0.2) is 10.1 Å². The molecule has 12 heavy (non-hydrogen) atoms. The standard InChI is InChI=1S/C8H16N2OS/c1-7(2)8-3-5-12(11,10-9)6-4-8/h3,7H,4-6,9H2,1-2H3. The summed E-state index contributed by atoms with van der Waals surface area (Å²) >= 11 is 0. The first-order valence-corrected chi connectivity index (χ1v) is 6.03. The van der Waals surface area contributed by atoms with E-state index in [1.807, 2.05) is 6.08 Å². The van der Waals surface area contributed by atoms with Crippen molar-refractivity contribution in [3.63, 3.8) is 0 Å². The third-order valence-corrected chi connectivity index (χ3v) is 4.16. The van der Waals surface area contributed by atoms with Crippen LogP contribution in [0.4, 0.5) is 0 Å². The zero-order valence-corrected chi connectivity index (χ0v) is 8.43. The average molecular weight is 188 g/mol. The Labute approximate surface area is 74.2 Å². The molecule has 0 aliphatic carbocycles. The van der Waals surface area contributed by atoms with Gasteiger partial charge in [-0.3, -0.25) is 0 Å². The van der Waals surface area contributed by atoms with Gasteiger partial charge in [0.25, 0.3) is 0 Å². The van der Waals surface area contributed by atoms with E-state index in [0.717, 1.165) is 6.42 Å². The summed E-state index contributed by atoms with van der Waals surface area (Å²) in [6, 6.07) is 0. The first kappa shape index (κ1) is 9.74. The van der Waals surface area contributed by atoms with Gasteiger partial charge in [0.1, 0.15) is 0 Å². The van der Waals surface area contributed by atoms with Crippen molar-refractivity contribution in [2.45, 2.75) is 20.3 Å². The summed E-state index contributed by atoms with van der Waals surface area (Å²) in [7, 11) is -2.07. The number of hydrogen-bond donors (Lipinski definition) is 1. The lowest BCUT2D eigenvalue weighted by atomic mass is 10.0. The Morgan fingerprint density at radius 2 is 2.33 bits per heavy atom. The highest BCUT2D eigenvalue weighted by Gasteiger charge is 2.16. The van der Waals surface area contributed by atoms with Crippen molar-refractivity contribution in [1.82, 2.24) is 0 Å². The van der Waals surface area contributed by atoms with Crippen LogP contribution in [0, 0.1) is 5.92 Å². The third-order valence-electron chi connectivity index (χ3n) is 2.25. The molecule has 1 atom stereocenters. The van der Waals surface area contributed by atoms with Crippen molar-refractivity contribution >= 4 is 9.73 Å². The van der Waals surface area contributed by atoms with Gasteiger partial charge >= 0.3 is 0 Å². The summed E-state index contributed by atoms with van der Waals surface area (Å²) in [6.45, 7) is 4.30. The van der Waals surface area contributed by atoms with Gasteiger partial charge in [-0.1, -0.05) is 25.5 Å². The van der Waals surface area contributed by atoms with Gasteiger partial charge in [0.15, 0.2) is 0 Å². The molecule has 2 N–H and O–H groups in total. The van der Waals surface area contributed by atoms with Gasteiger partial charge < -0.3 is 0 Å². The Hall–Kier alpha value is -0.350. The van der Waals surface area contributed by atoms with Gasteiger partial charge in [-0.2, -0.15) is 4.47 Å². The highest BCUT2D eigenvalue weighted by atomic mass is 32.2. The molecule has 0 spiro atoms. The molecule has 1 rings (SSSR count). The van der Waals surface area contributed by atoms with E-state index in [9.17, 15) is 4.21 Å². The Balaban J connectivity index is 2.79. The van der Waals surface area contributed by atoms with Crippen molar-refractivity contribution in [2.24, 2.45) is 16.2 Å². The second-order valence-electron chi connectivity index (χ2n) is 3.43. The van der Waals surface area contributed by atoms with Crippen molar-refractivity contribution in [3.05, 3.63) is 11.6 Å². The summed E-state index contributed by atoms with van der Waals surface area (Å²) in [5.41, 5.74) is 1.39. The first-order chi connectivity index (χ1) is 5.57. The van der Waals surface area contributed by atoms with E-state index >= 15 is 0 Å². The van der Waals surface area contributed by atoms with Crippen LogP contribution in [0.3, 0.4) is 0 Å². The molecule has 0 radical (unpaired) electrons. The molecule has 70 valence electrons. The van der Waals surface area contributed by atoms with Crippen molar-refractivity contribution < 1.29 is 4.21 Å². The molecule has 0 saturated heterocycles. The van der Waals surface area contributed by atoms with Gasteiger partial charge in [-0.15, -0.1) is 0 Å². The minimum absolute atomic E-state index is 0.539. The smallest absolute Gasteiger partial charge is 0.0673 e. The van der Waals surface area contributed by atoms with Crippen LogP contribution < -0.4 is 5.84 Å². The largest absolute Gasteiger partial charge is 0.248 e. The van der Waals surface area contributed by atoms with Crippen molar-refractivity contribution in [1.29, 1.82) is 0 Å². The van der Waals surface area contributed by atoms with Gasteiger partial charge in [-0.05, 0) is 12.3 Å². The second kappa shape index (κ2) is 3.58. The van der Waals surface area contributed by atoms with Crippen LogP contribution in [-0.4, -0.2) is 15.7 Å². The molecule has 0 aromatic heterocycles. The minimum Gasteiger partial charge on any atom is -0.248 e. The second-order valence-corrected chi connectivity index (χ2v) is 5.93. The number of hydrogen-bond acceptors (Lipinski definition) is 2. The molecular weight excluding hydrogens is 172 g/mol. The summed E-state index contributed by atoms with van der Waals surface area (Å²) in [5.74, 6) is 6.81. The Kier molecular flexibility index (Phi) is 2.90. The monoisotopic (exact) mass is 188 g/mol. The predicted octanol–water partition coefficient (Wildman–Crippen LogP) is 1.31. The van der Waals surface area contributed by atoms with E-state index in [0.29, 0.717) is 17.4 Å². The lowest BCUT2D eigenvalue weighted by molar-refractivity contribution is 0.666. The summed E-state index contributed by atoms with van der Waals surface area (Å²) in [4.78, 5) is 0. The Morgan fingerprint density at radius 3 is 2.67 bits per heavy atom. The fourth-order valence-corrected chi connectivity index (χ4v) is 2.71. The molecule has 1 aliphatic heterocycles. The zero-order chi connectivity index (χ0) is 9.19. The highest BCUT2D eigenvalue weighted by Crippen LogP contribution is 2.20. The molecule has 0 aromatic carbocycles. The SMILES string of the molecule is CC(C)C1=CCS(=O)(=NN)CC1. The van der Waals surface area contributed by atoms with Crippen LogP contribution in [0.25, 0.3) is 0 Å². The van der Waals surface area contributed by atoms with Crippen LogP contribution in [0.2, 0.25) is 0 Å². The van der Waals surface area contributed by atoms with Crippen LogP contribution in [0.15, 0.2) is 16.1 Å². The first-order valence-electron chi connectivity index (χ1n) is 4.18. The van der Waals surface area contributed by atoms with E-state index < -0.39 is 9.73 Å². The lowest BCUT2D eigenvalue weighted by Crippen LogP contribution is -2.18. The van der Waals surface area contributed by atoms with E-state index in [1.165, 1.54) is 5.57 Å². The molecule has 0 fully saturated rings. The maximum atomic E-state index is 11.6. The number of nitrogens with two attached hydrogens (primary N) is 1. The lowest BCUT2D eigenvalue weighted by Gasteiger charge is -2.18. The molecule has 0 bridgehead atoms. The van der Waals surface area contributed by atoms with E-state index in [2.05, 4.69) is 18.3 Å². The molecular formula is C8H16N2OS. The molecule has 3 nitrogen and oxygen atoms in total. The quantitative estimate of drug-likeness (QED) is 0.383. The van der Waals surface area contributed by atoms with Crippen molar-refractivity contribution in [2.75, 3.05) is 11.5 Å². The fourth-order valence-electron chi connectivity index (χ4n) is 1.32. The number of nitrogens with zero attached hydrogens (tertiary/aromatic N) is 1. The normalized spacial score (nSPS) is 30.2. The van der Waals surface area contributed by atoms with Gasteiger partial charge in [0, 0.05) is 5.75 Å². The summed E-state index contributed by atoms with van der Waals surface area (Å²) in [6.07, 6.45) is 2.92. The topological polar surface area (TPSA) is 55.5 Å². The Morgan fingerprint density at radius 1 is 1.67 bits per heavy atom. The fraction of sp³-hybridized carbons (Fsp3) is 0.750. The molecule has 0 aromatic rings. The molecule has 0 amide bonds. The number of rotatable bonds is 1. The zero-order valence-electron chi connectivity index (χ0n) is 7.62. The van der Waals surface area contributed by atoms with Crippen molar-refractivity contribution in [3.8, 4) is 0 Å². The maximum Gasteiger partial charge on any atom is 0.0673 e. The number of allylic oxidation sites excluding steroid dienone is 1. The predicted molar refractivity (Wildman–Crippen MR) is 52.0 cm³/mol. The third kappa shape index (κ3) is 2.08. The van der Waals surface area contributed by atoms with Gasteiger partial charge in [0.2, 0.25) is 0 Å². The van der Waals surface area contributed by atoms with Crippen LogP contribution in [0.5, 0.6) is 0 Å². The van der Waals surface area contributed by atoms with Gasteiger partial charge in [0.05, 0.1) is 15.5 Å². The van der Waals surface area contributed by atoms with E-state index in [1.54, 1.807) is 0 Å². The van der Waals surface area contributed by atoms with Crippen LogP contribution in [-0.2, 0) is 9.73 Å². The van der Waals surface area contributed by atoms with E-state index in [-0.39, 0.29) is 0 Å². The molecule has 4 heteroatoms. The Bertz CT molecular complexity index is 298. The molecule has 1 unspecified atom stereocenters. The highest BCUT2D eigenvalue weighted by molar-refractivity contribution is 7.93. The average Bonchev–Trinajstić information content (AvgIpc) is 2.05. The van der Waals surface area contributed by atoms with Crippen LogP contribution in [0.1, 0.15) is 20.3 Å². The van der Waals surface area contributed by atoms with E-state index in [4.69, 9.17) is 5.84 Å². The maximum absolute atomic E-state index is 11.6. The van der Waals surface area contributed by atoms with Crippen LogP contribution >= 0.6 is 0 Å². The minimum atomic E-state index is -2.07. The molecule has 0 saturated carbocycles. The molecule has 1 heterocycles. The summed E-state index contributed by atoms with van der Waals surface area (Å²) < 4.78 is 15.1. The molecule has 1 aliphatic rings. The summed E-state index contributed by atoms with van der Waals surface area (Å²) in [5, 5.41) is 0.